The molecular formula is C21H24N2. The Morgan fingerprint density at radius 3 is 2.70 bits per heavy atom. The molecule has 2 aliphatic rings. The minimum atomic E-state index is 0.459. The first-order valence-corrected chi connectivity index (χ1v) is 8.82. The summed E-state index contributed by atoms with van der Waals surface area (Å²) in [7, 11) is 0. The van der Waals surface area contributed by atoms with Gasteiger partial charge in [0.25, 0.3) is 0 Å². The molecule has 0 radical (unpaired) electrons. The zero-order valence-corrected chi connectivity index (χ0v) is 14.0. The maximum absolute atomic E-state index is 5.06. The molecule has 118 valence electrons. The molecular weight excluding hydrogens is 280 g/mol. The van der Waals surface area contributed by atoms with Gasteiger partial charge in [-0.25, -0.2) is 0 Å². The van der Waals surface area contributed by atoms with Gasteiger partial charge in [-0.05, 0) is 37.0 Å². The van der Waals surface area contributed by atoms with Crippen LogP contribution in [0.3, 0.4) is 0 Å². The molecule has 2 aromatic rings. The minimum absolute atomic E-state index is 0.459. The van der Waals surface area contributed by atoms with E-state index in [0.717, 1.165) is 5.69 Å². The van der Waals surface area contributed by atoms with E-state index in [2.05, 4.69) is 67.3 Å². The van der Waals surface area contributed by atoms with Gasteiger partial charge in [-0.2, -0.15) is 0 Å². The van der Waals surface area contributed by atoms with Crippen LogP contribution in [0.25, 0.3) is 0 Å². The molecule has 0 amide bonds. The van der Waals surface area contributed by atoms with Gasteiger partial charge >= 0.3 is 0 Å². The Hall–Kier alpha value is -2.09. The minimum Gasteiger partial charge on any atom is -0.367 e. The summed E-state index contributed by atoms with van der Waals surface area (Å²) in [5.41, 5.74) is 6.63. The second kappa shape index (κ2) is 5.84. The van der Waals surface area contributed by atoms with Crippen molar-refractivity contribution >= 4 is 17.1 Å². The van der Waals surface area contributed by atoms with Gasteiger partial charge in [-0.15, -0.1) is 0 Å². The van der Waals surface area contributed by atoms with Crippen LogP contribution in [0.2, 0.25) is 0 Å². The van der Waals surface area contributed by atoms with E-state index >= 15 is 0 Å². The summed E-state index contributed by atoms with van der Waals surface area (Å²) < 4.78 is 0. The van der Waals surface area contributed by atoms with E-state index in [9.17, 15) is 0 Å². The van der Waals surface area contributed by atoms with E-state index in [1.165, 1.54) is 48.3 Å². The van der Waals surface area contributed by atoms with Crippen LogP contribution in [0, 0.1) is 5.92 Å². The fourth-order valence-corrected chi connectivity index (χ4v) is 4.30. The van der Waals surface area contributed by atoms with Crippen LogP contribution in [0.4, 0.5) is 11.4 Å². The molecule has 0 bridgehead atoms. The van der Waals surface area contributed by atoms with Crippen LogP contribution in [0.5, 0.6) is 0 Å². The predicted molar refractivity (Wildman–Crippen MR) is 98.0 cm³/mol. The van der Waals surface area contributed by atoms with Gasteiger partial charge < -0.3 is 4.90 Å². The molecule has 0 aliphatic carbocycles. The monoisotopic (exact) mass is 304 g/mol. The molecule has 0 saturated carbocycles. The van der Waals surface area contributed by atoms with Gasteiger partial charge in [0.15, 0.2) is 0 Å². The van der Waals surface area contributed by atoms with Crippen LogP contribution in [0.15, 0.2) is 53.5 Å². The molecule has 0 spiro atoms. The maximum atomic E-state index is 5.06. The third kappa shape index (κ3) is 2.37. The number of rotatable bonds is 2. The van der Waals surface area contributed by atoms with Crippen molar-refractivity contribution in [3.63, 3.8) is 0 Å². The van der Waals surface area contributed by atoms with E-state index < -0.39 is 0 Å². The molecule has 0 N–H and O–H groups in total. The number of aliphatic imine (C=N–C) groups is 1. The third-order valence-electron chi connectivity index (χ3n) is 5.36. The van der Waals surface area contributed by atoms with Crippen LogP contribution >= 0.6 is 0 Å². The SMILES string of the molecule is CC[C@@H]1[C@@H](C)C(=Nc2ccccc2)c2cccc3c2N1CCC3. The Bertz CT molecular complexity index is 733. The standard InChI is InChI=1S/C21H24N2/c1-3-19-15(2)20(22-17-11-5-4-6-12-17)18-13-7-9-16-10-8-14-23(19)21(16)18/h4-7,9,11-13,15,19H,3,8,10,14H2,1-2H3/t15-,19-/m1/s1. The van der Waals surface area contributed by atoms with Crippen LogP contribution in [-0.4, -0.2) is 18.3 Å². The topological polar surface area (TPSA) is 15.6 Å². The highest BCUT2D eigenvalue weighted by Gasteiger charge is 2.37. The quantitative estimate of drug-likeness (QED) is 0.763. The number of hydrogen-bond acceptors (Lipinski definition) is 2. The highest BCUT2D eigenvalue weighted by Crippen LogP contribution is 2.41. The first kappa shape index (κ1) is 14.5. The van der Waals surface area contributed by atoms with Crippen LogP contribution in [-0.2, 0) is 6.42 Å². The molecule has 0 fully saturated rings. The number of anilines is 1. The van der Waals surface area contributed by atoms with Crippen molar-refractivity contribution in [2.45, 2.75) is 39.2 Å². The van der Waals surface area contributed by atoms with Crippen LogP contribution < -0.4 is 4.90 Å². The van der Waals surface area contributed by atoms with E-state index in [1.807, 2.05) is 0 Å². The summed E-state index contributed by atoms with van der Waals surface area (Å²) in [5, 5.41) is 0. The van der Waals surface area contributed by atoms with E-state index in [1.54, 1.807) is 0 Å². The smallest absolute Gasteiger partial charge is 0.0633 e. The molecule has 0 unspecified atom stereocenters. The lowest BCUT2D eigenvalue weighted by molar-refractivity contribution is 0.471. The predicted octanol–water partition coefficient (Wildman–Crippen LogP) is 4.99. The zero-order valence-electron chi connectivity index (χ0n) is 14.0. The number of nitrogens with zero attached hydrogens (tertiary/aromatic N) is 2. The lowest BCUT2D eigenvalue weighted by atomic mass is 9.80. The third-order valence-corrected chi connectivity index (χ3v) is 5.36. The summed E-state index contributed by atoms with van der Waals surface area (Å²) in [4.78, 5) is 7.72. The second-order valence-electron chi connectivity index (χ2n) is 6.71. The number of hydrogen-bond donors (Lipinski definition) is 0. The zero-order chi connectivity index (χ0) is 15.8. The number of benzene rings is 2. The van der Waals surface area contributed by atoms with Crippen molar-refractivity contribution in [1.29, 1.82) is 0 Å². The van der Waals surface area contributed by atoms with E-state index in [-0.39, 0.29) is 0 Å². The van der Waals surface area contributed by atoms with Gasteiger partial charge in [-0.1, -0.05) is 50.2 Å². The fourth-order valence-electron chi connectivity index (χ4n) is 4.30. The highest BCUT2D eigenvalue weighted by molar-refractivity contribution is 6.10. The van der Waals surface area contributed by atoms with Gasteiger partial charge in [0.05, 0.1) is 11.4 Å². The van der Waals surface area contributed by atoms with Gasteiger partial charge in [0, 0.05) is 29.8 Å². The normalized spacial score (nSPS) is 24.6. The highest BCUT2D eigenvalue weighted by atomic mass is 15.2. The van der Waals surface area contributed by atoms with Crippen molar-refractivity contribution in [3.05, 3.63) is 59.7 Å². The maximum Gasteiger partial charge on any atom is 0.0633 e. The van der Waals surface area contributed by atoms with Gasteiger partial charge in [0.1, 0.15) is 0 Å². The Morgan fingerprint density at radius 2 is 1.91 bits per heavy atom. The van der Waals surface area contributed by atoms with Crippen molar-refractivity contribution in [3.8, 4) is 0 Å². The lowest BCUT2D eigenvalue weighted by Crippen LogP contribution is -2.49. The van der Waals surface area contributed by atoms with Gasteiger partial charge in [0.2, 0.25) is 0 Å². The van der Waals surface area contributed by atoms with Crippen molar-refractivity contribution in [1.82, 2.24) is 0 Å². The van der Waals surface area contributed by atoms with Crippen molar-refractivity contribution in [2.75, 3.05) is 11.4 Å². The second-order valence-corrected chi connectivity index (χ2v) is 6.71. The number of para-hydroxylation sites is 2. The summed E-state index contributed by atoms with van der Waals surface area (Å²) in [6, 6.07) is 17.7. The molecule has 2 nitrogen and oxygen atoms in total. The van der Waals surface area contributed by atoms with E-state index in [0.29, 0.717) is 12.0 Å². The lowest BCUT2D eigenvalue weighted by Gasteiger charge is -2.46. The van der Waals surface area contributed by atoms with Crippen LogP contribution in [0.1, 0.15) is 37.8 Å². The summed E-state index contributed by atoms with van der Waals surface area (Å²) in [6.07, 6.45) is 3.64. The van der Waals surface area contributed by atoms with Crippen molar-refractivity contribution < 1.29 is 0 Å². The molecule has 2 atom stereocenters. The average Bonchev–Trinajstić information content (AvgIpc) is 2.60. The molecule has 0 saturated heterocycles. The Labute approximate surface area is 138 Å². The Balaban J connectivity index is 1.91. The average molecular weight is 304 g/mol. The molecule has 2 heterocycles. The molecule has 4 rings (SSSR count). The van der Waals surface area contributed by atoms with E-state index in [4.69, 9.17) is 4.99 Å². The molecule has 2 aliphatic heterocycles. The largest absolute Gasteiger partial charge is 0.367 e. The first-order valence-electron chi connectivity index (χ1n) is 8.82. The molecule has 0 aromatic heterocycles. The Morgan fingerprint density at radius 1 is 1.09 bits per heavy atom. The summed E-state index contributed by atoms with van der Waals surface area (Å²) in [5.74, 6) is 0.459. The molecule has 2 aromatic carbocycles. The Kier molecular flexibility index (Phi) is 3.68. The fraction of sp³-hybridized carbons (Fsp3) is 0.381. The van der Waals surface area contributed by atoms with Crippen molar-refractivity contribution in [2.24, 2.45) is 10.9 Å². The summed E-state index contributed by atoms with van der Waals surface area (Å²) in [6.45, 7) is 5.84. The molecule has 2 heteroatoms. The summed E-state index contributed by atoms with van der Waals surface area (Å²) >= 11 is 0. The first-order chi connectivity index (χ1) is 11.3. The molecule has 23 heavy (non-hydrogen) atoms. The number of aryl methyl sites for hydroxylation is 1. The van der Waals surface area contributed by atoms with Gasteiger partial charge in [-0.3, -0.25) is 4.99 Å².